The molecule has 4 nitrogen and oxygen atoms in total. The van der Waals surface area contributed by atoms with Gasteiger partial charge in [-0.25, -0.2) is 0 Å². The van der Waals surface area contributed by atoms with Crippen LogP contribution in [0.5, 0.6) is 0 Å². The Balaban J connectivity index is 1.86. The molecule has 0 aromatic carbocycles. The number of hydrogen-bond acceptors (Lipinski definition) is 3. The van der Waals surface area contributed by atoms with E-state index in [1.54, 1.807) is 6.33 Å². The van der Waals surface area contributed by atoms with Crippen LogP contribution in [0.15, 0.2) is 18.5 Å². The number of nitrogens with one attached hydrogen (secondary N) is 1. The molecule has 1 unspecified atom stereocenters. The van der Waals surface area contributed by atoms with Crippen molar-refractivity contribution >= 4 is 0 Å². The summed E-state index contributed by atoms with van der Waals surface area (Å²) in [5.41, 5.74) is 0. The summed E-state index contributed by atoms with van der Waals surface area (Å²) in [6.45, 7) is 3.86. The van der Waals surface area contributed by atoms with Crippen LogP contribution < -0.4 is 5.32 Å². The van der Waals surface area contributed by atoms with E-state index in [-0.39, 0.29) is 0 Å². The lowest BCUT2D eigenvalue weighted by Gasteiger charge is -2.16. The van der Waals surface area contributed by atoms with E-state index in [1.807, 2.05) is 0 Å². The maximum absolute atomic E-state index is 4.14. The Kier molecular flexibility index (Phi) is 4.74. The van der Waals surface area contributed by atoms with Crippen LogP contribution in [-0.4, -0.2) is 20.8 Å². The highest BCUT2D eigenvalue weighted by atomic mass is 15.3. The van der Waals surface area contributed by atoms with E-state index in [2.05, 4.69) is 39.2 Å². The summed E-state index contributed by atoms with van der Waals surface area (Å²) in [6.07, 6.45) is 12.9. The van der Waals surface area contributed by atoms with Crippen molar-refractivity contribution in [1.29, 1.82) is 0 Å². The Morgan fingerprint density at radius 1 is 1.41 bits per heavy atom. The van der Waals surface area contributed by atoms with Gasteiger partial charge in [0.1, 0.15) is 12.2 Å². The normalized spacial score (nSPS) is 23.0. The summed E-state index contributed by atoms with van der Waals surface area (Å²) >= 11 is 0. The highest BCUT2D eigenvalue weighted by Crippen LogP contribution is 2.12. The summed E-state index contributed by atoms with van der Waals surface area (Å²) in [5.74, 6) is 1.03. The Morgan fingerprint density at radius 3 is 3.24 bits per heavy atom. The summed E-state index contributed by atoms with van der Waals surface area (Å²) in [5, 5.41) is 11.6. The molecule has 1 aliphatic rings. The van der Waals surface area contributed by atoms with Gasteiger partial charge in [0.2, 0.25) is 0 Å². The van der Waals surface area contributed by atoms with Gasteiger partial charge in [0.05, 0.1) is 6.54 Å². The lowest BCUT2D eigenvalue weighted by Crippen LogP contribution is -2.28. The molecule has 0 amide bonds. The lowest BCUT2D eigenvalue weighted by atomic mass is 10.0. The van der Waals surface area contributed by atoms with Crippen LogP contribution >= 0.6 is 0 Å². The first-order chi connectivity index (χ1) is 8.40. The third kappa shape index (κ3) is 3.66. The molecule has 1 aromatic rings. The predicted octanol–water partition coefficient (Wildman–Crippen LogP) is 2.28. The molecule has 1 atom stereocenters. The molecular weight excluding hydrogens is 212 g/mol. The maximum atomic E-state index is 4.14. The van der Waals surface area contributed by atoms with Crippen LogP contribution in [0.25, 0.3) is 0 Å². The Bertz CT molecular complexity index is 356. The molecule has 94 valence electrons. The summed E-state index contributed by atoms with van der Waals surface area (Å²) in [6, 6.07) is 0.498. The quantitative estimate of drug-likeness (QED) is 0.813. The third-order valence-electron chi connectivity index (χ3n) is 3.31. The van der Waals surface area contributed by atoms with Gasteiger partial charge in [0, 0.05) is 12.6 Å². The van der Waals surface area contributed by atoms with E-state index < -0.39 is 0 Å². The van der Waals surface area contributed by atoms with Crippen LogP contribution in [0.3, 0.4) is 0 Å². The van der Waals surface area contributed by atoms with Gasteiger partial charge in [-0.05, 0) is 26.2 Å². The molecule has 1 aromatic heterocycles. The summed E-state index contributed by atoms with van der Waals surface area (Å²) < 4.78 is 2.08. The Morgan fingerprint density at radius 2 is 2.35 bits per heavy atom. The van der Waals surface area contributed by atoms with Gasteiger partial charge in [-0.2, -0.15) is 0 Å². The van der Waals surface area contributed by atoms with Crippen molar-refractivity contribution in [3.63, 3.8) is 0 Å². The first-order valence-electron chi connectivity index (χ1n) is 6.67. The van der Waals surface area contributed by atoms with Crippen molar-refractivity contribution in [2.45, 2.75) is 58.2 Å². The molecule has 0 radical (unpaired) electrons. The van der Waals surface area contributed by atoms with Gasteiger partial charge >= 0.3 is 0 Å². The minimum atomic E-state index is 0.498. The van der Waals surface area contributed by atoms with Gasteiger partial charge in [0.15, 0.2) is 0 Å². The van der Waals surface area contributed by atoms with Crippen LogP contribution in [0.4, 0.5) is 0 Å². The van der Waals surface area contributed by atoms with E-state index in [0.717, 1.165) is 18.9 Å². The number of allylic oxidation sites excluding steroid dienone is 1. The smallest absolute Gasteiger partial charge is 0.146 e. The first-order valence-corrected chi connectivity index (χ1v) is 6.67. The largest absolute Gasteiger partial charge is 0.317 e. The number of nitrogens with zero attached hydrogens (tertiary/aromatic N) is 3. The number of aromatic nitrogens is 3. The first kappa shape index (κ1) is 12.3. The van der Waals surface area contributed by atoms with Gasteiger partial charge in [0.25, 0.3) is 0 Å². The van der Waals surface area contributed by atoms with E-state index in [4.69, 9.17) is 0 Å². The second-order valence-corrected chi connectivity index (χ2v) is 4.59. The second-order valence-electron chi connectivity index (χ2n) is 4.59. The third-order valence-corrected chi connectivity index (χ3v) is 3.31. The maximum Gasteiger partial charge on any atom is 0.146 e. The lowest BCUT2D eigenvalue weighted by molar-refractivity contribution is 0.493. The zero-order chi connectivity index (χ0) is 11.9. The van der Waals surface area contributed by atoms with Gasteiger partial charge in [-0.1, -0.05) is 25.0 Å². The van der Waals surface area contributed by atoms with Crippen LogP contribution in [-0.2, 0) is 13.1 Å². The molecule has 17 heavy (non-hydrogen) atoms. The fourth-order valence-corrected chi connectivity index (χ4v) is 2.23. The van der Waals surface area contributed by atoms with Crippen molar-refractivity contribution in [3.05, 3.63) is 24.3 Å². The zero-order valence-electron chi connectivity index (χ0n) is 10.6. The molecule has 4 heteroatoms. The van der Waals surface area contributed by atoms with Crippen LogP contribution in [0.1, 0.15) is 44.9 Å². The van der Waals surface area contributed by atoms with Crippen LogP contribution in [0.2, 0.25) is 0 Å². The molecule has 0 saturated heterocycles. The van der Waals surface area contributed by atoms with Gasteiger partial charge in [-0.15, -0.1) is 10.2 Å². The van der Waals surface area contributed by atoms with Crippen molar-refractivity contribution < 1.29 is 0 Å². The molecule has 2 rings (SSSR count). The Labute approximate surface area is 103 Å². The van der Waals surface area contributed by atoms with Crippen molar-refractivity contribution in [2.75, 3.05) is 0 Å². The van der Waals surface area contributed by atoms with Gasteiger partial charge in [-0.3, -0.25) is 0 Å². The molecule has 0 spiro atoms. The van der Waals surface area contributed by atoms with Crippen molar-refractivity contribution in [2.24, 2.45) is 0 Å². The average Bonchev–Trinajstić information content (AvgIpc) is 2.75. The topological polar surface area (TPSA) is 42.7 Å². The fraction of sp³-hybridized carbons (Fsp3) is 0.692. The van der Waals surface area contributed by atoms with Crippen molar-refractivity contribution in [1.82, 2.24) is 20.1 Å². The monoisotopic (exact) mass is 234 g/mol. The van der Waals surface area contributed by atoms with Crippen LogP contribution in [0, 0.1) is 0 Å². The minimum absolute atomic E-state index is 0.498. The fourth-order valence-electron chi connectivity index (χ4n) is 2.23. The summed E-state index contributed by atoms with van der Waals surface area (Å²) in [4.78, 5) is 0. The second kappa shape index (κ2) is 6.55. The molecule has 0 saturated carbocycles. The number of aryl methyl sites for hydroxylation is 1. The van der Waals surface area contributed by atoms with E-state index >= 15 is 0 Å². The number of hydrogen-bond donors (Lipinski definition) is 1. The molecule has 1 aliphatic carbocycles. The van der Waals surface area contributed by atoms with E-state index in [0.29, 0.717) is 6.04 Å². The molecule has 1 heterocycles. The minimum Gasteiger partial charge on any atom is -0.317 e. The molecule has 0 fully saturated rings. The Hall–Kier alpha value is -1.16. The molecular formula is C13H22N4. The van der Waals surface area contributed by atoms with E-state index in [9.17, 15) is 0 Å². The highest BCUT2D eigenvalue weighted by Gasteiger charge is 2.08. The molecule has 0 bridgehead atoms. The summed E-state index contributed by atoms with van der Waals surface area (Å²) in [7, 11) is 0. The highest BCUT2D eigenvalue weighted by molar-refractivity contribution is 4.96. The van der Waals surface area contributed by atoms with Crippen molar-refractivity contribution in [3.8, 4) is 0 Å². The number of rotatable bonds is 4. The average molecular weight is 234 g/mol. The predicted molar refractivity (Wildman–Crippen MR) is 68.5 cm³/mol. The van der Waals surface area contributed by atoms with E-state index in [1.165, 1.54) is 32.1 Å². The molecule has 1 N–H and O–H groups in total. The zero-order valence-corrected chi connectivity index (χ0v) is 10.6. The SMILES string of the molecule is CCn1cnnc1CNC1/C=C/CCCCC1. The standard InChI is InChI=1S/C13H22N4/c1-2-17-11-15-16-13(17)10-14-12-8-6-4-3-5-7-9-12/h6,8,11-12,14H,2-5,7,9-10H2,1H3/b8-6+. The molecule has 0 aliphatic heterocycles. The van der Waals surface area contributed by atoms with Gasteiger partial charge < -0.3 is 9.88 Å².